The molecule has 1 aromatic heterocycles. The SMILES string of the molecule is CCc1cc(C(=O)NC(C)CC(C)CC)cc(NC)n1. The second-order valence-corrected chi connectivity index (χ2v) is 5.46. The molecular formula is C16H27N3O. The summed E-state index contributed by atoms with van der Waals surface area (Å²) in [7, 11) is 1.81. The van der Waals surface area contributed by atoms with Crippen molar-refractivity contribution >= 4 is 11.7 Å². The largest absolute Gasteiger partial charge is 0.373 e. The predicted octanol–water partition coefficient (Wildman–Crippen LogP) is 3.24. The van der Waals surface area contributed by atoms with Crippen LogP contribution in [0.15, 0.2) is 12.1 Å². The van der Waals surface area contributed by atoms with E-state index in [-0.39, 0.29) is 11.9 Å². The number of pyridine rings is 1. The summed E-state index contributed by atoms with van der Waals surface area (Å²) in [4.78, 5) is 16.7. The number of nitrogens with one attached hydrogen (secondary N) is 2. The van der Waals surface area contributed by atoms with Crippen molar-refractivity contribution in [3.05, 3.63) is 23.4 Å². The average molecular weight is 277 g/mol. The van der Waals surface area contributed by atoms with Gasteiger partial charge in [0.15, 0.2) is 0 Å². The standard InChI is InChI=1S/C16H27N3O/c1-6-11(3)8-12(4)18-16(20)13-9-14(7-2)19-15(10-13)17-5/h9-12H,6-8H2,1-5H3,(H,17,19)(H,18,20). The van der Waals surface area contributed by atoms with Crippen molar-refractivity contribution in [1.29, 1.82) is 0 Å². The van der Waals surface area contributed by atoms with Gasteiger partial charge in [0.1, 0.15) is 5.82 Å². The first kappa shape index (κ1) is 16.5. The monoisotopic (exact) mass is 277 g/mol. The van der Waals surface area contributed by atoms with Gasteiger partial charge in [0.25, 0.3) is 5.91 Å². The second-order valence-electron chi connectivity index (χ2n) is 5.46. The van der Waals surface area contributed by atoms with Crippen LogP contribution in [0.3, 0.4) is 0 Å². The van der Waals surface area contributed by atoms with Gasteiger partial charge in [0, 0.05) is 24.3 Å². The Bertz CT molecular complexity index is 423. The van der Waals surface area contributed by atoms with E-state index in [1.807, 2.05) is 20.0 Å². The van der Waals surface area contributed by atoms with Crippen LogP contribution in [0.2, 0.25) is 0 Å². The fourth-order valence-corrected chi connectivity index (χ4v) is 2.16. The third kappa shape index (κ3) is 4.83. The van der Waals surface area contributed by atoms with Crippen LogP contribution < -0.4 is 10.6 Å². The zero-order valence-electron chi connectivity index (χ0n) is 13.3. The van der Waals surface area contributed by atoms with E-state index in [0.29, 0.717) is 11.5 Å². The molecule has 0 bridgehead atoms. The highest BCUT2D eigenvalue weighted by molar-refractivity contribution is 5.95. The minimum Gasteiger partial charge on any atom is -0.373 e. The van der Waals surface area contributed by atoms with E-state index >= 15 is 0 Å². The van der Waals surface area contributed by atoms with E-state index in [9.17, 15) is 4.79 Å². The lowest BCUT2D eigenvalue weighted by Gasteiger charge is -2.18. The molecule has 1 amide bonds. The third-order valence-electron chi connectivity index (χ3n) is 3.59. The van der Waals surface area contributed by atoms with Gasteiger partial charge in [-0.25, -0.2) is 4.98 Å². The van der Waals surface area contributed by atoms with Gasteiger partial charge in [-0.3, -0.25) is 4.79 Å². The molecule has 0 aromatic carbocycles. The number of rotatable bonds is 7. The molecular weight excluding hydrogens is 250 g/mol. The number of aryl methyl sites for hydroxylation is 1. The molecule has 0 aliphatic rings. The number of hydrogen-bond donors (Lipinski definition) is 2. The number of carbonyl (C=O) groups is 1. The van der Waals surface area contributed by atoms with Gasteiger partial charge in [-0.1, -0.05) is 27.2 Å². The average Bonchev–Trinajstić information content (AvgIpc) is 2.46. The number of carbonyl (C=O) groups excluding carboxylic acids is 1. The molecule has 1 heterocycles. The normalized spacial score (nSPS) is 13.7. The molecule has 4 nitrogen and oxygen atoms in total. The molecule has 2 atom stereocenters. The molecule has 0 saturated carbocycles. The van der Waals surface area contributed by atoms with Crippen molar-refractivity contribution in [1.82, 2.24) is 10.3 Å². The fraction of sp³-hybridized carbons (Fsp3) is 0.625. The Labute approximate surface area is 122 Å². The lowest BCUT2D eigenvalue weighted by molar-refractivity contribution is 0.0935. The van der Waals surface area contributed by atoms with Crippen LogP contribution >= 0.6 is 0 Å². The number of amides is 1. The molecule has 2 unspecified atom stereocenters. The molecule has 2 N–H and O–H groups in total. The Morgan fingerprint density at radius 3 is 2.55 bits per heavy atom. The van der Waals surface area contributed by atoms with E-state index < -0.39 is 0 Å². The molecule has 4 heteroatoms. The topological polar surface area (TPSA) is 54.0 Å². The number of nitrogens with zero attached hydrogens (tertiary/aromatic N) is 1. The fourth-order valence-electron chi connectivity index (χ4n) is 2.16. The molecule has 0 radical (unpaired) electrons. The van der Waals surface area contributed by atoms with Crippen LogP contribution in [0.4, 0.5) is 5.82 Å². The van der Waals surface area contributed by atoms with Gasteiger partial charge in [-0.05, 0) is 37.8 Å². The smallest absolute Gasteiger partial charge is 0.251 e. The summed E-state index contributed by atoms with van der Waals surface area (Å²) in [5.74, 6) is 1.35. The highest BCUT2D eigenvalue weighted by atomic mass is 16.1. The second kappa shape index (κ2) is 7.88. The van der Waals surface area contributed by atoms with Crippen LogP contribution in [0, 0.1) is 5.92 Å². The van der Waals surface area contributed by atoms with E-state index in [0.717, 1.165) is 30.8 Å². The molecule has 20 heavy (non-hydrogen) atoms. The predicted molar refractivity (Wildman–Crippen MR) is 84.2 cm³/mol. The van der Waals surface area contributed by atoms with E-state index in [1.165, 1.54) is 0 Å². The maximum absolute atomic E-state index is 12.3. The van der Waals surface area contributed by atoms with Crippen LogP contribution in [-0.4, -0.2) is 24.0 Å². The Hall–Kier alpha value is -1.58. The van der Waals surface area contributed by atoms with Gasteiger partial charge in [-0.15, -0.1) is 0 Å². The molecule has 112 valence electrons. The highest BCUT2D eigenvalue weighted by Gasteiger charge is 2.13. The van der Waals surface area contributed by atoms with Crippen LogP contribution in [-0.2, 0) is 6.42 Å². The molecule has 0 aliphatic carbocycles. The highest BCUT2D eigenvalue weighted by Crippen LogP contribution is 2.13. The van der Waals surface area contributed by atoms with Crippen molar-refractivity contribution in [3.8, 4) is 0 Å². The Morgan fingerprint density at radius 1 is 1.30 bits per heavy atom. The van der Waals surface area contributed by atoms with Crippen LogP contribution in [0.25, 0.3) is 0 Å². The molecule has 0 saturated heterocycles. The minimum absolute atomic E-state index is 0.0191. The molecule has 1 rings (SSSR count). The van der Waals surface area contributed by atoms with Gasteiger partial charge in [0.2, 0.25) is 0 Å². The van der Waals surface area contributed by atoms with Gasteiger partial charge >= 0.3 is 0 Å². The van der Waals surface area contributed by atoms with Crippen molar-refractivity contribution in [2.24, 2.45) is 5.92 Å². The first-order valence-corrected chi connectivity index (χ1v) is 7.49. The number of anilines is 1. The Balaban J connectivity index is 2.76. The zero-order valence-corrected chi connectivity index (χ0v) is 13.3. The maximum atomic E-state index is 12.3. The number of aromatic nitrogens is 1. The minimum atomic E-state index is -0.0191. The van der Waals surface area contributed by atoms with Crippen molar-refractivity contribution in [2.75, 3.05) is 12.4 Å². The quantitative estimate of drug-likeness (QED) is 0.804. The van der Waals surface area contributed by atoms with E-state index in [2.05, 4.69) is 36.4 Å². The first-order chi connectivity index (χ1) is 9.49. The van der Waals surface area contributed by atoms with E-state index in [1.54, 1.807) is 6.07 Å². The van der Waals surface area contributed by atoms with Crippen molar-refractivity contribution < 1.29 is 4.79 Å². The van der Waals surface area contributed by atoms with Gasteiger partial charge in [0.05, 0.1) is 0 Å². The summed E-state index contributed by atoms with van der Waals surface area (Å²) in [6.07, 6.45) is 2.96. The summed E-state index contributed by atoms with van der Waals surface area (Å²) in [6.45, 7) is 8.48. The summed E-state index contributed by atoms with van der Waals surface area (Å²) >= 11 is 0. The van der Waals surface area contributed by atoms with Gasteiger partial charge < -0.3 is 10.6 Å². The van der Waals surface area contributed by atoms with Gasteiger partial charge in [-0.2, -0.15) is 0 Å². The van der Waals surface area contributed by atoms with Crippen LogP contribution in [0.1, 0.15) is 56.6 Å². The first-order valence-electron chi connectivity index (χ1n) is 7.49. The zero-order chi connectivity index (χ0) is 15.1. The van der Waals surface area contributed by atoms with Crippen molar-refractivity contribution in [3.63, 3.8) is 0 Å². The molecule has 0 spiro atoms. The van der Waals surface area contributed by atoms with Crippen LogP contribution in [0.5, 0.6) is 0 Å². The lowest BCUT2D eigenvalue weighted by atomic mass is 10.00. The summed E-state index contributed by atoms with van der Waals surface area (Å²) in [5, 5.41) is 6.07. The molecule has 1 aromatic rings. The summed E-state index contributed by atoms with van der Waals surface area (Å²) in [6, 6.07) is 3.85. The molecule has 0 fully saturated rings. The lowest BCUT2D eigenvalue weighted by Crippen LogP contribution is -2.33. The number of hydrogen-bond acceptors (Lipinski definition) is 3. The van der Waals surface area contributed by atoms with E-state index in [4.69, 9.17) is 0 Å². The Kier molecular flexibility index (Phi) is 6.49. The Morgan fingerprint density at radius 2 is 2.00 bits per heavy atom. The third-order valence-corrected chi connectivity index (χ3v) is 3.59. The van der Waals surface area contributed by atoms with Crippen molar-refractivity contribution in [2.45, 2.75) is 53.0 Å². The summed E-state index contributed by atoms with van der Waals surface area (Å²) in [5.41, 5.74) is 1.61. The molecule has 0 aliphatic heterocycles. The maximum Gasteiger partial charge on any atom is 0.251 e. The summed E-state index contributed by atoms with van der Waals surface area (Å²) < 4.78 is 0.